The molecule has 23 heavy (non-hydrogen) atoms. The van der Waals surface area contributed by atoms with Crippen LogP contribution in [0.5, 0.6) is 5.75 Å². The Morgan fingerprint density at radius 1 is 0.609 bits per heavy atom. The van der Waals surface area contributed by atoms with Crippen LogP contribution in [0, 0.1) is 6.92 Å². The number of halogens is 2. The second kappa shape index (κ2) is 5.30. The second-order valence-electron chi connectivity index (χ2n) is 5.69. The molecule has 4 aromatic rings. The summed E-state index contributed by atoms with van der Waals surface area (Å²) >= 11 is 12.9. The van der Waals surface area contributed by atoms with E-state index in [9.17, 15) is 0 Å². The predicted octanol–water partition coefficient (Wildman–Crippen LogP) is 6.77. The molecule has 0 aliphatic carbocycles. The summed E-state index contributed by atoms with van der Waals surface area (Å²) in [6.45, 7) is 2.03. The minimum atomic E-state index is 0.647. The molecule has 4 aromatic carbocycles. The first-order valence-electron chi connectivity index (χ1n) is 7.38. The molecule has 0 amide bonds. The summed E-state index contributed by atoms with van der Waals surface area (Å²) < 4.78 is 5.31. The molecule has 0 bridgehead atoms. The minimum Gasteiger partial charge on any atom is -0.495 e. The number of hydrogen-bond donors (Lipinski definition) is 0. The number of hydrogen-bond acceptors (Lipinski definition) is 1. The van der Waals surface area contributed by atoms with Gasteiger partial charge in [0.15, 0.2) is 0 Å². The van der Waals surface area contributed by atoms with Crippen LogP contribution in [0.3, 0.4) is 0 Å². The van der Waals surface area contributed by atoms with Gasteiger partial charge in [-0.1, -0.05) is 59.6 Å². The molecule has 1 nitrogen and oxygen atoms in total. The fourth-order valence-electron chi connectivity index (χ4n) is 3.21. The van der Waals surface area contributed by atoms with Gasteiger partial charge in [-0.25, -0.2) is 0 Å². The molecule has 0 aliphatic rings. The molecular weight excluding hydrogens is 327 g/mol. The van der Waals surface area contributed by atoms with Crippen LogP contribution in [0.1, 0.15) is 5.56 Å². The van der Waals surface area contributed by atoms with Crippen molar-refractivity contribution in [3.8, 4) is 5.75 Å². The third-order valence-corrected chi connectivity index (χ3v) is 5.33. The lowest BCUT2D eigenvalue weighted by Gasteiger charge is -2.12. The van der Waals surface area contributed by atoms with E-state index in [-0.39, 0.29) is 0 Å². The molecule has 0 saturated carbocycles. The third kappa shape index (κ3) is 2.08. The van der Waals surface area contributed by atoms with Crippen molar-refractivity contribution in [2.24, 2.45) is 0 Å². The second-order valence-corrected chi connectivity index (χ2v) is 6.45. The van der Waals surface area contributed by atoms with Crippen molar-refractivity contribution in [2.45, 2.75) is 6.92 Å². The molecular formula is C20H14Cl2O. The Hall–Kier alpha value is -1.96. The predicted molar refractivity (Wildman–Crippen MR) is 100 cm³/mol. The van der Waals surface area contributed by atoms with E-state index in [4.69, 9.17) is 27.9 Å². The van der Waals surface area contributed by atoms with E-state index in [1.165, 1.54) is 10.8 Å². The molecule has 0 aromatic heterocycles. The van der Waals surface area contributed by atoms with Crippen molar-refractivity contribution in [1.82, 2.24) is 0 Å². The van der Waals surface area contributed by atoms with Crippen LogP contribution in [-0.2, 0) is 0 Å². The van der Waals surface area contributed by atoms with Crippen LogP contribution in [0.25, 0.3) is 32.3 Å². The molecule has 0 saturated heterocycles. The van der Waals surface area contributed by atoms with E-state index in [2.05, 4.69) is 42.5 Å². The molecule has 0 aliphatic heterocycles. The Bertz CT molecular complexity index is 1080. The summed E-state index contributed by atoms with van der Waals surface area (Å²) in [6, 6.07) is 16.5. The molecule has 0 unspecified atom stereocenters. The van der Waals surface area contributed by atoms with Gasteiger partial charge < -0.3 is 4.74 Å². The molecule has 0 heterocycles. The highest BCUT2D eigenvalue weighted by atomic mass is 35.5. The highest BCUT2D eigenvalue weighted by Crippen LogP contribution is 2.39. The average molecular weight is 341 g/mol. The lowest BCUT2D eigenvalue weighted by atomic mass is 9.96. The highest BCUT2D eigenvalue weighted by Gasteiger charge is 2.11. The van der Waals surface area contributed by atoms with Crippen LogP contribution < -0.4 is 4.74 Å². The quantitative estimate of drug-likeness (QED) is 0.347. The molecule has 0 atom stereocenters. The van der Waals surface area contributed by atoms with E-state index < -0.39 is 0 Å². The van der Waals surface area contributed by atoms with Gasteiger partial charge in [0.05, 0.1) is 17.2 Å². The monoisotopic (exact) mass is 340 g/mol. The lowest BCUT2D eigenvalue weighted by molar-refractivity contribution is 0.415. The van der Waals surface area contributed by atoms with Gasteiger partial charge in [-0.05, 0) is 46.2 Å². The Kier molecular flexibility index (Phi) is 3.37. The smallest absolute Gasteiger partial charge is 0.138 e. The van der Waals surface area contributed by atoms with Gasteiger partial charge in [-0.3, -0.25) is 0 Å². The third-order valence-electron chi connectivity index (χ3n) is 4.44. The number of methoxy groups -OCH3 is 1. The van der Waals surface area contributed by atoms with Crippen molar-refractivity contribution in [1.29, 1.82) is 0 Å². The molecule has 0 spiro atoms. The number of rotatable bonds is 1. The Balaban J connectivity index is 2.18. The summed E-state index contributed by atoms with van der Waals surface area (Å²) in [6.07, 6.45) is 0. The Morgan fingerprint density at radius 3 is 1.65 bits per heavy atom. The number of benzene rings is 4. The highest BCUT2D eigenvalue weighted by molar-refractivity contribution is 6.39. The SMILES string of the molecule is COc1ccc2c(ccc3c4ccc(C)c(Cl)c4ccc23)c1Cl. The number of fused-ring (bicyclic) bond motifs is 5. The molecule has 0 fully saturated rings. The van der Waals surface area contributed by atoms with E-state index in [0.29, 0.717) is 10.8 Å². The first kappa shape index (κ1) is 14.6. The number of ether oxygens (including phenoxy) is 1. The van der Waals surface area contributed by atoms with Gasteiger partial charge in [0, 0.05) is 10.8 Å². The molecule has 114 valence electrons. The zero-order valence-electron chi connectivity index (χ0n) is 12.8. The molecule has 4 rings (SSSR count). The molecule has 0 N–H and O–H groups in total. The van der Waals surface area contributed by atoms with Crippen molar-refractivity contribution >= 4 is 55.5 Å². The maximum atomic E-state index is 6.47. The van der Waals surface area contributed by atoms with Gasteiger partial charge in [0.2, 0.25) is 0 Å². The topological polar surface area (TPSA) is 9.23 Å². The van der Waals surface area contributed by atoms with E-state index >= 15 is 0 Å². The fraction of sp³-hybridized carbons (Fsp3) is 0.100. The van der Waals surface area contributed by atoms with Gasteiger partial charge in [-0.15, -0.1) is 0 Å². The first-order valence-corrected chi connectivity index (χ1v) is 8.14. The lowest BCUT2D eigenvalue weighted by Crippen LogP contribution is -1.87. The summed E-state index contributed by atoms with van der Waals surface area (Å²) in [4.78, 5) is 0. The summed E-state index contributed by atoms with van der Waals surface area (Å²) in [5, 5.41) is 8.16. The summed E-state index contributed by atoms with van der Waals surface area (Å²) in [5.41, 5.74) is 1.09. The Labute approximate surface area is 144 Å². The van der Waals surface area contributed by atoms with Crippen LogP contribution in [-0.4, -0.2) is 7.11 Å². The maximum absolute atomic E-state index is 6.47. The van der Waals surface area contributed by atoms with E-state index in [0.717, 1.165) is 32.1 Å². The van der Waals surface area contributed by atoms with E-state index in [1.54, 1.807) is 7.11 Å². The fourth-order valence-corrected chi connectivity index (χ4v) is 3.74. The minimum absolute atomic E-state index is 0.647. The van der Waals surface area contributed by atoms with Crippen molar-refractivity contribution in [3.63, 3.8) is 0 Å². The van der Waals surface area contributed by atoms with E-state index in [1.807, 2.05) is 13.0 Å². The largest absolute Gasteiger partial charge is 0.495 e. The first-order chi connectivity index (χ1) is 11.1. The summed E-state index contributed by atoms with van der Waals surface area (Å²) in [7, 11) is 1.63. The van der Waals surface area contributed by atoms with Crippen molar-refractivity contribution in [2.75, 3.05) is 7.11 Å². The zero-order chi connectivity index (χ0) is 16.1. The van der Waals surface area contributed by atoms with Crippen LogP contribution in [0.15, 0.2) is 48.5 Å². The van der Waals surface area contributed by atoms with Crippen LogP contribution in [0.2, 0.25) is 10.0 Å². The van der Waals surface area contributed by atoms with Gasteiger partial charge >= 0.3 is 0 Å². The van der Waals surface area contributed by atoms with Crippen LogP contribution >= 0.6 is 23.2 Å². The van der Waals surface area contributed by atoms with Gasteiger partial charge in [0.25, 0.3) is 0 Å². The van der Waals surface area contributed by atoms with Crippen LogP contribution in [0.4, 0.5) is 0 Å². The van der Waals surface area contributed by atoms with Crippen molar-refractivity contribution < 1.29 is 4.74 Å². The standard InChI is InChI=1S/C20H14Cl2O/c1-11-3-4-14-12-6-8-17-15(9-10-18(23-2)20(17)22)13(12)5-7-16(14)19(11)21/h3-10H,1-2H3. The molecule has 3 heteroatoms. The normalized spacial score (nSPS) is 11.5. The Morgan fingerprint density at radius 2 is 1.04 bits per heavy atom. The summed E-state index contributed by atoms with van der Waals surface area (Å²) in [5.74, 6) is 0.693. The van der Waals surface area contributed by atoms with Crippen molar-refractivity contribution in [3.05, 3.63) is 64.1 Å². The van der Waals surface area contributed by atoms with Gasteiger partial charge in [0.1, 0.15) is 5.75 Å². The zero-order valence-corrected chi connectivity index (χ0v) is 14.3. The molecule has 0 radical (unpaired) electrons. The number of aryl methyl sites for hydroxylation is 1. The van der Waals surface area contributed by atoms with Gasteiger partial charge in [-0.2, -0.15) is 0 Å². The maximum Gasteiger partial charge on any atom is 0.138 e. The average Bonchev–Trinajstić information content (AvgIpc) is 2.57.